The highest BCUT2D eigenvalue weighted by atomic mass is 16.4. The molecule has 2 fully saturated rings. The van der Waals surface area contributed by atoms with Crippen molar-refractivity contribution in [3.63, 3.8) is 0 Å². The van der Waals surface area contributed by atoms with Gasteiger partial charge in [0, 0.05) is 0 Å². The Hall–Kier alpha value is -0.530. The van der Waals surface area contributed by atoms with Crippen molar-refractivity contribution in [1.82, 2.24) is 0 Å². The summed E-state index contributed by atoms with van der Waals surface area (Å²) in [6, 6.07) is 0. The summed E-state index contributed by atoms with van der Waals surface area (Å²) in [6.45, 7) is 0. The second-order valence-corrected chi connectivity index (χ2v) is 3.66. The molecule has 2 nitrogen and oxygen atoms in total. The smallest absolute Gasteiger partial charge is 0.307 e. The molecule has 2 heteroatoms. The van der Waals surface area contributed by atoms with Crippen LogP contribution in [0, 0.1) is 11.3 Å². The molecule has 1 spiro atoms. The number of hydrogen-bond acceptors (Lipinski definition) is 1. The molecule has 1 N–H and O–H groups in total. The largest absolute Gasteiger partial charge is 0.481 e. The van der Waals surface area contributed by atoms with Crippen LogP contribution in [0.25, 0.3) is 0 Å². The van der Waals surface area contributed by atoms with E-state index in [-0.39, 0.29) is 11.3 Å². The van der Waals surface area contributed by atoms with E-state index in [9.17, 15) is 4.79 Å². The molecule has 2 saturated carbocycles. The maximum Gasteiger partial charge on any atom is 0.307 e. The first kappa shape index (κ1) is 6.20. The van der Waals surface area contributed by atoms with E-state index in [2.05, 4.69) is 0 Å². The van der Waals surface area contributed by atoms with Gasteiger partial charge in [-0.25, -0.2) is 0 Å². The Morgan fingerprint density at radius 3 is 2.40 bits per heavy atom. The van der Waals surface area contributed by atoms with Crippen molar-refractivity contribution in [3.8, 4) is 0 Å². The van der Waals surface area contributed by atoms with Gasteiger partial charge < -0.3 is 5.11 Å². The molecule has 1 atom stereocenters. The third kappa shape index (κ3) is 0.678. The van der Waals surface area contributed by atoms with Gasteiger partial charge in [-0.15, -0.1) is 0 Å². The quantitative estimate of drug-likeness (QED) is 0.601. The zero-order chi connectivity index (χ0) is 7.19. The van der Waals surface area contributed by atoms with Crippen LogP contribution in [0.2, 0.25) is 0 Å². The minimum atomic E-state index is -0.568. The Kier molecular flexibility index (Phi) is 1.08. The zero-order valence-corrected chi connectivity index (χ0v) is 5.97. The van der Waals surface area contributed by atoms with Crippen LogP contribution in [0.15, 0.2) is 0 Å². The van der Waals surface area contributed by atoms with Crippen LogP contribution in [0.4, 0.5) is 0 Å². The highest BCUT2D eigenvalue weighted by Gasteiger charge is 2.58. The molecule has 10 heavy (non-hydrogen) atoms. The molecule has 0 bridgehead atoms. The van der Waals surface area contributed by atoms with Crippen molar-refractivity contribution in [2.24, 2.45) is 11.3 Å². The van der Waals surface area contributed by atoms with Gasteiger partial charge in [0.2, 0.25) is 0 Å². The average Bonchev–Trinajstić information content (AvgIpc) is 2.32. The van der Waals surface area contributed by atoms with E-state index in [0.29, 0.717) is 0 Å². The van der Waals surface area contributed by atoms with Gasteiger partial charge in [0.15, 0.2) is 0 Å². The van der Waals surface area contributed by atoms with E-state index in [1.54, 1.807) is 0 Å². The van der Waals surface area contributed by atoms with Crippen LogP contribution in [0.3, 0.4) is 0 Å². The van der Waals surface area contributed by atoms with Gasteiger partial charge in [0.05, 0.1) is 5.92 Å². The lowest BCUT2D eigenvalue weighted by molar-refractivity contribution is -0.139. The van der Waals surface area contributed by atoms with Crippen molar-refractivity contribution < 1.29 is 9.90 Å². The van der Waals surface area contributed by atoms with Gasteiger partial charge in [0.25, 0.3) is 0 Å². The first-order valence-electron chi connectivity index (χ1n) is 3.97. The maximum absolute atomic E-state index is 10.5. The molecular formula is C8H12O2. The summed E-state index contributed by atoms with van der Waals surface area (Å²) < 4.78 is 0. The normalized spacial score (nSPS) is 34.6. The molecule has 0 unspecified atom stereocenters. The fourth-order valence-corrected chi connectivity index (χ4v) is 2.33. The van der Waals surface area contributed by atoms with Crippen molar-refractivity contribution >= 4 is 5.97 Å². The van der Waals surface area contributed by atoms with Crippen LogP contribution < -0.4 is 0 Å². The lowest BCUT2D eigenvalue weighted by atomic mass is 10.0. The number of hydrogen-bond donors (Lipinski definition) is 1. The Morgan fingerprint density at radius 2 is 2.00 bits per heavy atom. The Balaban J connectivity index is 2.04. The molecule has 2 aliphatic carbocycles. The minimum Gasteiger partial charge on any atom is -0.481 e. The Bertz CT molecular complexity index is 168. The van der Waals surface area contributed by atoms with Gasteiger partial charge in [-0.2, -0.15) is 0 Å². The van der Waals surface area contributed by atoms with Gasteiger partial charge in [0.1, 0.15) is 0 Å². The fourth-order valence-electron chi connectivity index (χ4n) is 2.33. The molecule has 0 aromatic rings. The number of carbonyl (C=O) groups is 1. The molecule has 2 aliphatic rings. The van der Waals surface area contributed by atoms with Gasteiger partial charge in [-0.3, -0.25) is 4.79 Å². The Morgan fingerprint density at radius 1 is 1.40 bits per heavy atom. The predicted molar refractivity (Wildman–Crippen MR) is 36.6 cm³/mol. The van der Waals surface area contributed by atoms with Crippen molar-refractivity contribution in [2.45, 2.75) is 32.1 Å². The number of aliphatic carboxylic acids is 1. The van der Waals surface area contributed by atoms with Crippen molar-refractivity contribution in [1.29, 1.82) is 0 Å². The van der Waals surface area contributed by atoms with Gasteiger partial charge >= 0.3 is 5.97 Å². The summed E-state index contributed by atoms with van der Waals surface area (Å²) >= 11 is 0. The molecule has 56 valence electrons. The molecule has 0 aromatic carbocycles. The lowest BCUT2D eigenvalue weighted by Crippen LogP contribution is -2.06. The zero-order valence-electron chi connectivity index (χ0n) is 5.97. The Labute approximate surface area is 60.2 Å². The maximum atomic E-state index is 10.5. The van der Waals surface area contributed by atoms with Crippen LogP contribution >= 0.6 is 0 Å². The minimum absolute atomic E-state index is 0.0231. The standard InChI is InChI=1S/C8H12O2/c9-7(10)6-5-8(6)3-1-2-4-8/h6H,1-5H2,(H,9,10)/t6-/m1/s1. The van der Waals surface area contributed by atoms with Crippen LogP contribution in [0.1, 0.15) is 32.1 Å². The van der Waals surface area contributed by atoms with E-state index >= 15 is 0 Å². The summed E-state index contributed by atoms with van der Waals surface area (Å²) in [4.78, 5) is 10.5. The third-order valence-electron chi connectivity index (χ3n) is 3.09. The first-order valence-corrected chi connectivity index (χ1v) is 3.97. The van der Waals surface area contributed by atoms with E-state index < -0.39 is 5.97 Å². The van der Waals surface area contributed by atoms with E-state index in [1.165, 1.54) is 25.7 Å². The summed E-state index contributed by atoms with van der Waals surface area (Å²) in [5.41, 5.74) is 0.284. The van der Waals surface area contributed by atoms with Gasteiger partial charge in [-0.05, 0) is 24.7 Å². The monoisotopic (exact) mass is 140 g/mol. The topological polar surface area (TPSA) is 37.3 Å². The van der Waals surface area contributed by atoms with E-state index in [0.717, 1.165) is 6.42 Å². The molecule has 0 aliphatic heterocycles. The highest BCUT2D eigenvalue weighted by molar-refractivity contribution is 5.74. The number of carboxylic acid groups (broad SMARTS) is 1. The van der Waals surface area contributed by atoms with Crippen molar-refractivity contribution in [3.05, 3.63) is 0 Å². The van der Waals surface area contributed by atoms with Crippen LogP contribution in [-0.4, -0.2) is 11.1 Å². The molecule has 0 heterocycles. The molecule has 0 radical (unpaired) electrons. The second kappa shape index (κ2) is 1.74. The first-order chi connectivity index (χ1) is 4.75. The SMILES string of the molecule is O=C(O)[C@H]1CC12CCCC2. The molecule has 0 saturated heterocycles. The predicted octanol–water partition coefficient (Wildman–Crippen LogP) is 1.65. The molecular weight excluding hydrogens is 128 g/mol. The third-order valence-corrected chi connectivity index (χ3v) is 3.09. The van der Waals surface area contributed by atoms with Crippen LogP contribution in [-0.2, 0) is 4.79 Å². The van der Waals surface area contributed by atoms with Gasteiger partial charge in [-0.1, -0.05) is 12.8 Å². The van der Waals surface area contributed by atoms with Crippen molar-refractivity contribution in [2.75, 3.05) is 0 Å². The molecule has 0 aromatic heterocycles. The van der Waals surface area contributed by atoms with E-state index in [4.69, 9.17) is 5.11 Å². The fraction of sp³-hybridized carbons (Fsp3) is 0.875. The molecule has 0 amide bonds. The lowest BCUT2D eigenvalue weighted by Gasteiger charge is -2.02. The number of carboxylic acids is 1. The summed E-state index contributed by atoms with van der Waals surface area (Å²) in [6.07, 6.45) is 5.81. The van der Waals surface area contributed by atoms with Crippen LogP contribution in [0.5, 0.6) is 0 Å². The highest BCUT2D eigenvalue weighted by Crippen LogP contribution is 2.62. The number of rotatable bonds is 1. The summed E-state index contributed by atoms with van der Waals surface area (Å²) in [5.74, 6) is -0.545. The summed E-state index contributed by atoms with van der Waals surface area (Å²) in [5, 5.41) is 8.68. The second-order valence-electron chi connectivity index (χ2n) is 3.66. The van der Waals surface area contributed by atoms with E-state index in [1.807, 2.05) is 0 Å². The average molecular weight is 140 g/mol. The summed E-state index contributed by atoms with van der Waals surface area (Å²) in [7, 11) is 0. The molecule has 2 rings (SSSR count).